The summed E-state index contributed by atoms with van der Waals surface area (Å²) in [5, 5.41) is 9.69. The van der Waals surface area contributed by atoms with E-state index in [1.165, 1.54) is 0 Å². The zero-order chi connectivity index (χ0) is 10.8. The summed E-state index contributed by atoms with van der Waals surface area (Å²) in [6.45, 7) is 3.55. The van der Waals surface area contributed by atoms with Crippen molar-refractivity contribution >= 4 is 22.4 Å². The summed E-state index contributed by atoms with van der Waals surface area (Å²) in [6, 6.07) is 9.06. The second-order valence-corrected chi connectivity index (χ2v) is 3.16. The molecule has 2 rings (SSSR count). The van der Waals surface area contributed by atoms with Crippen LogP contribution >= 0.6 is 0 Å². The molecule has 3 heteroatoms. The molecule has 0 atom stereocenters. The largest absolute Gasteiger partial charge is 0.478 e. The Balaban J connectivity index is 2.71. The number of carboxylic acid groups (broad SMARTS) is 1. The molecule has 15 heavy (non-hydrogen) atoms. The first-order valence-electron chi connectivity index (χ1n) is 4.46. The van der Waals surface area contributed by atoms with Crippen LogP contribution < -0.4 is 0 Å². The molecule has 0 bridgehead atoms. The molecular formula is C12H9NO2. The molecule has 1 N–H and O–H groups in total. The lowest BCUT2D eigenvalue weighted by atomic mass is 10.0. The van der Waals surface area contributed by atoms with E-state index in [9.17, 15) is 4.79 Å². The molecule has 1 aromatic carbocycles. The SMILES string of the molecule is C=C(C(=O)O)c1ccnc2ccccc12. The molecule has 0 spiro atoms. The molecular weight excluding hydrogens is 190 g/mol. The Morgan fingerprint density at radius 2 is 2.00 bits per heavy atom. The molecule has 0 aliphatic rings. The summed E-state index contributed by atoms with van der Waals surface area (Å²) in [6.07, 6.45) is 1.59. The van der Waals surface area contributed by atoms with E-state index in [1.807, 2.05) is 24.3 Å². The van der Waals surface area contributed by atoms with Gasteiger partial charge < -0.3 is 5.11 Å². The monoisotopic (exact) mass is 199 g/mol. The van der Waals surface area contributed by atoms with Crippen molar-refractivity contribution in [1.29, 1.82) is 0 Å². The van der Waals surface area contributed by atoms with Crippen LogP contribution in [0.4, 0.5) is 0 Å². The predicted molar refractivity (Wildman–Crippen MR) is 58.4 cm³/mol. The summed E-state index contributed by atoms with van der Waals surface area (Å²) in [5.41, 5.74) is 1.49. The molecule has 1 heterocycles. The van der Waals surface area contributed by atoms with Gasteiger partial charge in [-0.05, 0) is 17.7 Å². The first kappa shape index (κ1) is 9.40. The fourth-order valence-corrected chi connectivity index (χ4v) is 1.47. The van der Waals surface area contributed by atoms with Crippen molar-refractivity contribution in [3.63, 3.8) is 0 Å². The fourth-order valence-electron chi connectivity index (χ4n) is 1.47. The summed E-state index contributed by atoms with van der Waals surface area (Å²) < 4.78 is 0. The molecule has 0 aliphatic carbocycles. The van der Waals surface area contributed by atoms with Gasteiger partial charge in [-0.15, -0.1) is 0 Å². The average molecular weight is 199 g/mol. The van der Waals surface area contributed by atoms with Gasteiger partial charge in [0.05, 0.1) is 11.1 Å². The smallest absolute Gasteiger partial charge is 0.335 e. The molecule has 0 saturated carbocycles. The number of carboxylic acids is 1. The van der Waals surface area contributed by atoms with E-state index in [4.69, 9.17) is 5.11 Å². The number of hydrogen-bond donors (Lipinski definition) is 1. The Morgan fingerprint density at radius 3 is 2.73 bits per heavy atom. The maximum Gasteiger partial charge on any atom is 0.335 e. The number of para-hydroxylation sites is 1. The van der Waals surface area contributed by atoms with Crippen LogP contribution in [0.15, 0.2) is 43.1 Å². The minimum Gasteiger partial charge on any atom is -0.478 e. The van der Waals surface area contributed by atoms with Gasteiger partial charge in [0.1, 0.15) is 0 Å². The van der Waals surface area contributed by atoms with Gasteiger partial charge in [0.2, 0.25) is 0 Å². The van der Waals surface area contributed by atoms with E-state index < -0.39 is 5.97 Å². The molecule has 0 saturated heterocycles. The zero-order valence-corrected chi connectivity index (χ0v) is 7.97. The van der Waals surface area contributed by atoms with Crippen LogP contribution in [-0.4, -0.2) is 16.1 Å². The summed E-state index contributed by atoms with van der Waals surface area (Å²) >= 11 is 0. The molecule has 0 amide bonds. The van der Waals surface area contributed by atoms with Crippen LogP contribution in [-0.2, 0) is 4.79 Å². The Labute approximate surface area is 86.7 Å². The maximum absolute atomic E-state index is 10.8. The fraction of sp³-hybridized carbons (Fsp3) is 0. The third-order valence-electron chi connectivity index (χ3n) is 2.23. The molecule has 0 fully saturated rings. The number of aliphatic carboxylic acids is 1. The quantitative estimate of drug-likeness (QED) is 0.755. The van der Waals surface area contributed by atoms with Gasteiger partial charge in [0.25, 0.3) is 0 Å². The van der Waals surface area contributed by atoms with Gasteiger partial charge in [0.15, 0.2) is 0 Å². The Morgan fingerprint density at radius 1 is 1.27 bits per heavy atom. The van der Waals surface area contributed by atoms with Gasteiger partial charge in [0, 0.05) is 11.6 Å². The van der Waals surface area contributed by atoms with Crippen molar-refractivity contribution in [2.75, 3.05) is 0 Å². The minimum atomic E-state index is -1.01. The second-order valence-electron chi connectivity index (χ2n) is 3.16. The van der Waals surface area contributed by atoms with Gasteiger partial charge in [-0.2, -0.15) is 0 Å². The van der Waals surface area contributed by atoms with E-state index in [-0.39, 0.29) is 5.57 Å². The number of nitrogens with zero attached hydrogens (tertiary/aromatic N) is 1. The number of benzene rings is 1. The van der Waals surface area contributed by atoms with Crippen LogP contribution in [0.1, 0.15) is 5.56 Å². The normalized spacial score (nSPS) is 10.1. The average Bonchev–Trinajstić information content (AvgIpc) is 2.27. The van der Waals surface area contributed by atoms with Crippen molar-refractivity contribution in [3.05, 3.63) is 48.7 Å². The van der Waals surface area contributed by atoms with Crippen LogP contribution in [0.3, 0.4) is 0 Å². The van der Waals surface area contributed by atoms with Crippen molar-refractivity contribution in [3.8, 4) is 0 Å². The standard InChI is InChI=1S/C12H9NO2/c1-8(12(14)15)9-6-7-13-11-5-3-2-4-10(9)11/h2-7H,1H2,(H,14,15). The third kappa shape index (κ3) is 1.59. The summed E-state index contributed by atoms with van der Waals surface area (Å²) in [7, 11) is 0. The highest BCUT2D eigenvalue weighted by molar-refractivity contribution is 6.18. The van der Waals surface area contributed by atoms with Gasteiger partial charge in [-0.25, -0.2) is 4.79 Å². The van der Waals surface area contributed by atoms with E-state index in [0.29, 0.717) is 5.56 Å². The number of pyridine rings is 1. The maximum atomic E-state index is 10.8. The molecule has 3 nitrogen and oxygen atoms in total. The van der Waals surface area contributed by atoms with Crippen LogP contribution in [0.5, 0.6) is 0 Å². The molecule has 0 radical (unpaired) electrons. The number of rotatable bonds is 2. The van der Waals surface area contributed by atoms with Gasteiger partial charge in [-0.1, -0.05) is 24.8 Å². The number of aromatic nitrogens is 1. The molecule has 0 unspecified atom stereocenters. The van der Waals surface area contributed by atoms with Crippen molar-refractivity contribution in [1.82, 2.24) is 4.98 Å². The summed E-state index contributed by atoms with van der Waals surface area (Å²) in [5.74, 6) is -1.01. The summed E-state index contributed by atoms with van der Waals surface area (Å²) in [4.78, 5) is 15.0. The minimum absolute atomic E-state index is 0.0913. The van der Waals surface area contributed by atoms with Gasteiger partial charge in [-0.3, -0.25) is 4.98 Å². The topological polar surface area (TPSA) is 50.2 Å². The highest BCUT2D eigenvalue weighted by Crippen LogP contribution is 2.22. The van der Waals surface area contributed by atoms with Crippen molar-refractivity contribution in [2.24, 2.45) is 0 Å². The molecule has 1 aromatic heterocycles. The lowest BCUT2D eigenvalue weighted by Gasteiger charge is -2.04. The van der Waals surface area contributed by atoms with Crippen LogP contribution in [0.2, 0.25) is 0 Å². The molecule has 0 aliphatic heterocycles. The lowest BCUT2D eigenvalue weighted by Crippen LogP contribution is -1.99. The first-order valence-corrected chi connectivity index (χ1v) is 4.46. The zero-order valence-electron chi connectivity index (χ0n) is 7.97. The molecule has 74 valence electrons. The highest BCUT2D eigenvalue weighted by atomic mass is 16.4. The van der Waals surface area contributed by atoms with E-state index in [2.05, 4.69) is 11.6 Å². The van der Waals surface area contributed by atoms with Gasteiger partial charge >= 0.3 is 5.97 Å². The second kappa shape index (κ2) is 3.53. The van der Waals surface area contributed by atoms with E-state index in [0.717, 1.165) is 10.9 Å². The predicted octanol–water partition coefficient (Wildman–Crippen LogP) is 2.33. The van der Waals surface area contributed by atoms with Crippen LogP contribution in [0, 0.1) is 0 Å². The van der Waals surface area contributed by atoms with Crippen molar-refractivity contribution in [2.45, 2.75) is 0 Å². The highest BCUT2D eigenvalue weighted by Gasteiger charge is 2.10. The number of carbonyl (C=O) groups is 1. The van der Waals surface area contributed by atoms with Crippen molar-refractivity contribution < 1.29 is 9.90 Å². The third-order valence-corrected chi connectivity index (χ3v) is 2.23. The number of fused-ring (bicyclic) bond motifs is 1. The number of hydrogen-bond acceptors (Lipinski definition) is 2. The Kier molecular flexibility index (Phi) is 2.21. The van der Waals surface area contributed by atoms with E-state index in [1.54, 1.807) is 12.3 Å². The van der Waals surface area contributed by atoms with E-state index >= 15 is 0 Å². The first-order chi connectivity index (χ1) is 7.20. The van der Waals surface area contributed by atoms with Crippen LogP contribution in [0.25, 0.3) is 16.5 Å². The molecule has 2 aromatic rings. The Bertz CT molecular complexity index is 541. The lowest BCUT2D eigenvalue weighted by molar-refractivity contribution is -0.130. The Hall–Kier alpha value is -2.16.